The molecule has 2 amide bonds. The Morgan fingerprint density at radius 2 is 1.73 bits per heavy atom. The van der Waals surface area contributed by atoms with E-state index in [9.17, 15) is 9.59 Å². The minimum Gasteiger partial charge on any atom is -0.411 e. The first-order valence-corrected chi connectivity index (χ1v) is 10.2. The lowest BCUT2D eigenvalue weighted by molar-refractivity contribution is -0.116. The summed E-state index contributed by atoms with van der Waals surface area (Å²) in [4.78, 5) is 32.1. The molecule has 3 rings (SSSR count). The number of carbonyl (C=O) groups is 2. The maximum absolute atomic E-state index is 13.3. The van der Waals surface area contributed by atoms with Gasteiger partial charge in [-0.1, -0.05) is 11.2 Å². The van der Waals surface area contributed by atoms with Crippen LogP contribution >= 0.6 is 0 Å². The molecule has 7 heteroatoms. The van der Waals surface area contributed by atoms with Crippen LogP contribution in [0.1, 0.15) is 53.5 Å². The van der Waals surface area contributed by atoms with Crippen LogP contribution in [-0.2, 0) is 14.4 Å². The molecule has 7 nitrogen and oxygen atoms in total. The van der Waals surface area contributed by atoms with E-state index in [1.165, 1.54) is 17.6 Å². The molecule has 0 bridgehead atoms. The van der Waals surface area contributed by atoms with E-state index in [2.05, 4.69) is 30.4 Å². The molecule has 1 heterocycles. The molecule has 1 aromatic carbocycles. The molecule has 1 N–H and O–H groups in total. The Hall–Kier alpha value is -2.83. The number of hydrogen-bond acceptors (Lipinski definition) is 5. The van der Waals surface area contributed by atoms with Gasteiger partial charge in [0.2, 0.25) is 0 Å². The fourth-order valence-electron chi connectivity index (χ4n) is 4.44. The topological polar surface area (TPSA) is 80.2 Å². The van der Waals surface area contributed by atoms with Crippen molar-refractivity contribution in [3.63, 3.8) is 0 Å². The van der Waals surface area contributed by atoms with Gasteiger partial charge in [0.05, 0.1) is 16.8 Å². The predicted molar refractivity (Wildman–Crippen MR) is 116 cm³/mol. The van der Waals surface area contributed by atoms with Crippen molar-refractivity contribution in [1.29, 1.82) is 0 Å². The van der Waals surface area contributed by atoms with Crippen molar-refractivity contribution < 1.29 is 19.2 Å². The second kappa shape index (κ2) is 8.13. The number of nitrogens with zero attached hydrogens (tertiary/aromatic N) is 2. The summed E-state index contributed by atoms with van der Waals surface area (Å²) in [5, 5.41) is 7.23. The molecule has 30 heavy (non-hydrogen) atoms. The minimum absolute atomic E-state index is 0.196. The van der Waals surface area contributed by atoms with Crippen LogP contribution in [0.15, 0.2) is 17.0 Å². The first kappa shape index (κ1) is 21.9. The lowest BCUT2D eigenvalue weighted by Gasteiger charge is -2.35. The van der Waals surface area contributed by atoms with E-state index in [0.717, 1.165) is 28.0 Å². The van der Waals surface area contributed by atoms with Crippen molar-refractivity contribution in [2.75, 3.05) is 21.2 Å². The van der Waals surface area contributed by atoms with E-state index < -0.39 is 11.6 Å². The van der Waals surface area contributed by atoms with Crippen LogP contribution in [-0.4, -0.2) is 49.4 Å². The molecule has 0 radical (unpaired) electrons. The molecule has 0 aromatic heterocycles. The number of nitrogens with one attached hydrogen (secondary N) is 1. The summed E-state index contributed by atoms with van der Waals surface area (Å²) < 4.78 is 5.89. The predicted octanol–water partition coefficient (Wildman–Crippen LogP) is 3.77. The summed E-state index contributed by atoms with van der Waals surface area (Å²) in [6.07, 6.45) is 2.03. The highest BCUT2D eigenvalue weighted by molar-refractivity contribution is 6.24. The third kappa shape index (κ3) is 3.68. The first-order valence-electron chi connectivity index (χ1n) is 10.2. The van der Waals surface area contributed by atoms with Crippen molar-refractivity contribution in [2.24, 2.45) is 5.16 Å². The number of amides is 2. The summed E-state index contributed by atoms with van der Waals surface area (Å²) >= 11 is 0. The van der Waals surface area contributed by atoms with E-state index in [1.807, 2.05) is 13.8 Å². The SMILES string of the molecule is CON=C1CCC2(CC1)NC(=O)C(c1c(C)cc(C)c(C)c1C)=C2OC(=O)N(C)C. The van der Waals surface area contributed by atoms with Crippen molar-refractivity contribution in [2.45, 2.75) is 58.9 Å². The van der Waals surface area contributed by atoms with Crippen LogP contribution in [0.2, 0.25) is 0 Å². The third-order valence-electron chi connectivity index (χ3n) is 6.30. The third-order valence-corrected chi connectivity index (χ3v) is 6.30. The van der Waals surface area contributed by atoms with Gasteiger partial charge in [0.1, 0.15) is 12.9 Å². The molecule has 2 aliphatic rings. The summed E-state index contributed by atoms with van der Waals surface area (Å²) in [7, 11) is 4.80. The number of oxime groups is 1. The monoisotopic (exact) mass is 413 g/mol. The molecule has 1 fully saturated rings. The van der Waals surface area contributed by atoms with Gasteiger partial charge in [-0.2, -0.15) is 0 Å². The molecular formula is C23H31N3O4. The number of hydrogen-bond donors (Lipinski definition) is 1. The van der Waals surface area contributed by atoms with Crippen LogP contribution in [0.25, 0.3) is 5.57 Å². The Morgan fingerprint density at radius 1 is 1.10 bits per heavy atom. The molecular weight excluding hydrogens is 382 g/mol. The van der Waals surface area contributed by atoms with Crippen molar-refractivity contribution >= 4 is 23.3 Å². The minimum atomic E-state index is -0.720. The largest absolute Gasteiger partial charge is 0.414 e. The quantitative estimate of drug-likeness (QED) is 0.765. The maximum Gasteiger partial charge on any atom is 0.414 e. The van der Waals surface area contributed by atoms with Crippen LogP contribution in [0.5, 0.6) is 0 Å². The molecule has 1 aromatic rings. The summed E-state index contributed by atoms with van der Waals surface area (Å²) in [5.41, 5.74) is 5.88. The van der Waals surface area contributed by atoms with Gasteiger partial charge in [0.25, 0.3) is 5.91 Å². The van der Waals surface area contributed by atoms with Gasteiger partial charge in [-0.15, -0.1) is 0 Å². The summed E-state index contributed by atoms with van der Waals surface area (Å²) in [6.45, 7) is 8.13. The smallest absolute Gasteiger partial charge is 0.411 e. The van der Waals surface area contributed by atoms with Crippen molar-refractivity contribution in [3.05, 3.63) is 39.6 Å². The Balaban J connectivity index is 2.18. The molecule has 162 valence electrons. The molecule has 0 atom stereocenters. The van der Waals surface area contributed by atoms with Gasteiger partial charge in [-0.3, -0.25) is 4.79 Å². The molecule has 1 aliphatic heterocycles. The van der Waals surface area contributed by atoms with Gasteiger partial charge in [-0.25, -0.2) is 4.79 Å². The zero-order valence-electron chi connectivity index (χ0n) is 18.9. The fraction of sp³-hybridized carbons (Fsp3) is 0.522. The van der Waals surface area contributed by atoms with Crippen molar-refractivity contribution in [3.8, 4) is 0 Å². The number of carbonyl (C=O) groups excluding carboxylic acids is 2. The summed E-state index contributed by atoms with van der Waals surface area (Å²) in [5.74, 6) is 0.232. The highest BCUT2D eigenvalue weighted by atomic mass is 16.6. The Morgan fingerprint density at radius 3 is 2.30 bits per heavy atom. The average molecular weight is 414 g/mol. The molecule has 0 unspecified atom stereocenters. The fourth-order valence-corrected chi connectivity index (χ4v) is 4.44. The van der Waals surface area contributed by atoms with Crippen LogP contribution < -0.4 is 5.32 Å². The van der Waals surface area contributed by atoms with Crippen molar-refractivity contribution in [1.82, 2.24) is 10.2 Å². The lowest BCUT2D eigenvalue weighted by atomic mass is 9.79. The highest BCUT2D eigenvalue weighted by Crippen LogP contribution is 2.44. The maximum atomic E-state index is 13.3. The average Bonchev–Trinajstić information content (AvgIpc) is 2.93. The van der Waals surface area contributed by atoms with Gasteiger partial charge in [-0.05, 0) is 81.2 Å². The normalized spacial score (nSPS) is 21.0. The summed E-state index contributed by atoms with van der Waals surface area (Å²) in [6, 6.07) is 2.08. The Bertz CT molecular complexity index is 950. The van der Waals surface area contributed by atoms with E-state index in [-0.39, 0.29) is 5.91 Å². The number of ether oxygens (including phenoxy) is 1. The second-order valence-electron chi connectivity index (χ2n) is 8.48. The van der Waals surface area contributed by atoms with Gasteiger partial charge in [0.15, 0.2) is 0 Å². The standard InChI is InChI=1S/C23H31N3O4/c1-13-12-14(2)18(16(4)15(13)3)19-20(30-22(28)26(5)6)23(24-21(19)27)10-8-17(9-11-23)25-29-7/h12H,8-11H2,1-7H3,(H,24,27). The van der Waals surface area contributed by atoms with E-state index in [0.29, 0.717) is 37.0 Å². The zero-order chi connectivity index (χ0) is 22.2. The van der Waals surface area contributed by atoms with E-state index >= 15 is 0 Å². The van der Waals surface area contributed by atoms with Crippen LogP contribution in [0.3, 0.4) is 0 Å². The lowest BCUT2D eigenvalue weighted by Crippen LogP contribution is -2.48. The Labute approximate surface area is 178 Å². The zero-order valence-corrected chi connectivity index (χ0v) is 18.9. The molecule has 0 saturated heterocycles. The molecule has 1 saturated carbocycles. The van der Waals surface area contributed by atoms with E-state index in [1.54, 1.807) is 14.1 Å². The van der Waals surface area contributed by atoms with Crippen LogP contribution in [0.4, 0.5) is 4.79 Å². The number of rotatable bonds is 3. The second-order valence-corrected chi connectivity index (χ2v) is 8.48. The number of benzene rings is 1. The molecule has 1 spiro atoms. The first-order chi connectivity index (χ1) is 14.1. The highest BCUT2D eigenvalue weighted by Gasteiger charge is 2.50. The van der Waals surface area contributed by atoms with E-state index in [4.69, 9.17) is 9.57 Å². The van der Waals surface area contributed by atoms with Gasteiger partial charge in [0, 0.05) is 14.1 Å². The van der Waals surface area contributed by atoms with Gasteiger partial charge >= 0.3 is 6.09 Å². The molecule has 1 aliphatic carbocycles. The number of aryl methyl sites for hydroxylation is 2. The van der Waals surface area contributed by atoms with Crippen LogP contribution in [0, 0.1) is 27.7 Å². The van der Waals surface area contributed by atoms with Gasteiger partial charge < -0.3 is 19.8 Å². The Kier molecular flexibility index (Phi) is 5.92.